The number of hydrogen-bond acceptors (Lipinski definition) is 4. The minimum atomic E-state index is -0.772. The van der Waals surface area contributed by atoms with Crippen LogP contribution in [0, 0.1) is 6.92 Å². The maximum absolute atomic E-state index is 12.7. The number of ether oxygens (including phenoxy) is 2. The van der Waals surface area contributed by atoms with Gasteiger partial charge in [0.05, 0.1) is 0 Å². The van der Waals surface area contributed by atoms with Gasteiger partial charge in [-0.15, -0.1) is 0 Å². The van der Waals surface area contributed by atoms with Crippen molar-refractivity contribution in [2.45, 2.75) is 13.0 Å². The first kappa shape index (κ1) is 18.6. The minimum Gasteiger partial charge on any atom is -0.485 e. The predicted octanol–water partition coefficient (Wildman–Crippen LogP) is 4.03. The van der Waals surface area contributed by atoms with Crippen LogP contribution in [0.1, 0.15) is 15.9 Å². The van der Waals surface area contributed by atoms with E-state index in [1.165, 1.54) is 0 Å². The van der Waals surface area contributed by atoms with E-state index in [4.69, 9.17) is 9.47 Å². The second kappa shape index (κ2) is 8.06. The van der Waals surface area contributed by atoms with E-state index >= 15 is 0 Å². The number of nitrogens with one attached hydrogen (secondary N) is 2. The van der Waals surface area contributed by atoms with Gasteiger partial charge in [0, 0.05) is 16.9 Å². The molecule has 4 rings (SSSR count). The standard InChI is InChI=1S/C23H20N2O4/c1-15-17(22(26)24-16-8-3-2-4-9-16)10-7-11-18(15)25-23(27)21-14-28-19-12-5-6-13-20(19)29-21/h2-13,21H,14H2,1H3,(H,24,26)(H,25,27). The fourth-order valence-corrected chi connectivity index (χ4v) is 3.10. The van der Waals surface area contributed by atoms with Crippen molar-refractivity contribution >= 4 is 23.2 Å². The van der Waals surface area contributed by atoms with E-state index < -0.39 is 6.10 Å². The number of benzene rings is 3. The van der Waals surface area contributed by atoms with Crippen LogP contribution < -0.4 is 20.1 Å². The number of rotatable bonds is 4. The molecule has 0 bridgehead atoms. The monoisotopic (exact) mass is 388 g/mol. The molecule has 1 heterocycles. The Morgan fingerprint density at radius 3 is 2.38 bits per heavy atom. The maximum atomic E-state index is 12.7. The molecule has 3 aromatic rings. The van der Waals surface area contributed by atoms with Gasteiger partial charge in [-0.1, -0.05) is 36.4 Å². The summed E-state index contributed by atoms with van der Waals surface area (Å²) in [6.45, 7) is 1.92. The molecule has 3 aromatic carbocycles. The highest BCUT2D eigenvalue weighted by Gasteiger charge is 2.28. The predicted molar refractivity (Wildman–Crippen MR) is 111 cm³/mol. The zero-order valence-corrected chi connectivity index (χ0v) is 15.8. The van der Waals surface area contributed by atoms with Gasteiger partial charge in [0.1, 0.15) is 6.61 Å². The van der Waals surface area contributed by atoms with Crippen molar-refractivity contribution in [2.75, 3.05) is 17.2 Å². The summed E-state index contributed by atoms with van der Waals surface area (Å²) in [6, 6.07) is 21.6. The minimum absolute atomic E-state index is 0.121. The quantitative estimate of drug-likeness (QED) is 0.708. The first-order chi connectivity index (χ1) is 14.1. The van der Waals surface area contributed by atoms with E-state index in [2.05, 4.69) is 10.6 Å². The lowest BCUT2D eigenvalue weighted by molar-refractivity contribution is -0.125. The molecule has 1 atom stereocenters. The maximum Gasteiger partial charge on any atom is 0.269 e. The molecule has 0 aliphatic carbocycles. The van der Waals surface area contributed by atoms with Gasteiger partial charge in [-0.25, -0.2) is 0 Å². The zero-order chi connectivity index (χ0) is 20.2. The lowest BCUT2D eigenvalue weighted by Gasteiger charge is -2.25. The first-order valence-corrected chi connectivity index (χ1v) is 9.27. The van der Waals surface area contributed by atoms with Crippen molar-refractivity contribution in [1.29, 1.82) is 0 Å². The van der Waals surface area contributed by atoms with Crippen molar-refractivity contribution in [2.24, 2.45) is 0 Å². The van der Waals surface area contributed by atoms with Crippen LogP contribution in [0.25, 0.3) is 0 Å². The Bertz CT molecular complexity index is 1050. The molecule has 1 aliphatic rings. The third kappa shape index (κ3) is 4.06. The largest absolute Gasteiger partial charge is 0.485 e. The number of carbonyl (C=O) groups is 2. The number of amides is 2. The van der Waals surface area contributed by atoms with E-state index in [9.17, 15) is 9.59 Å². The molecule has 1 aliphatic heterocycles. The molecular formula is C23H20N2O4. The summed E-state index contributed by atoms with van der Waals surface area (Å²) >= 11 is 0. The van der Waals surface area contributed by atoms with Gasteiger partial charge in [0.25, 0.3) is 11.8 Å². The van der Waals surface area contributed by atoms with Gasteiger partial charge in [0.15, 0.2) is 11.5 Å². The summed E-state index contributed by atoms with van der Waals surface area (Å²) < 4.78 is 11.3. The highest BCUT2D eigenvalue weighted by Crippen LogP contribution is 2.31. The average Bonchev–Trinajstić information content (AvgIpc) is 2.75. The molecule has 0 spiro atoms. The molecule has 2 amide bonds. The van der Waals surface area contributed by atoms with Crippen molar-refractivity contribution < 1.29 is 19.1 Å². The van der Waals surface area contributed by atoms with Crippen molar-refractivity contribution in [3.05, 3.63) is 83.9 Å². The summed E-state index contributed by atoms with van der Waals surface area (Å²) in [5.41, 5.74) is 2.42. The molecule has 2 N–H and O–H groups in total. The summed E-state index contributed by atoms with van der Waals surface area (Å²) in [6.07, 6.45) is -0.772. The molecule has 6 heteroatoms. The number of para-hydroxylation sites is 3. The number of hydrogen-bond donors (Lipinski definition) is 2. The molecule has 0 radical (unpaired) electrons. The highest BCUT2D eigenvalue weighted by atomic mass is 16.6. The van der Waals surface area contributed by atoms with Crippen molar-refractivity contribution in [1.82, 2.24) is 0 Å². The van der Waals surface area contributed by atoms with Gasteiger partial charge in [-0.2, -0.15) is 0 Å². The molecule has 146 valence electrons. The summed E-state index contributed by atoms with van der Waals surface area (Å²) in [4.78, 5) is 25.3. The van der Waals surface area contributed by atoms with E-state index in [1.54, 1.807) is 37.3 Å². The van der Waals surface area contributed by atoms with E-state index in [1.807, 2.05) is 42.5 Å². The molecular weight excluding hydrogens is 368 g/mol. The van der Waals surface area contributed by atoms with Crippen LogP contribution in [-0.2, 0) is 4.79 Å². The third-order valence-electron chi connectivity index (χ3n) is 4.67. The lowest BCUT2D eigenvalue weighted by atomic mass is 10.1. The first-order valence-electron chi connectivity index (χ1n) is 9.27. The van der Waals surface area contributed by atoms with Gasteiger partial charge in [0.2, 0.25) is 6.10 Å². The van der Waals surface area contributed by atoms with Crippen LogP contribution in [-0.4, -0.2) is 24.5 Å². The summed E-state index contributed by atoms with van der Waals surface area (Å²) in [5, 5.41) is 5.70. The molecule has 29 heavy (non-hydrogen) atoms. The highest BCUT2D eigenvalue weighted by molar-refractivity contribution is 6.07. The summed E-state index contributed by atoms with van der Waals surface area (Å²) in [7, 11) is 0. The van der Waals surface area contributed by atoms with Gasteiger partial charge in [-0.3, -0.25) is 9.59 Å². The molecule has 0 saturated heterocycles. The van der Waals surface area contributed by atoms with Crippen LogP contribution in [0.2, 0.25) is 0 Å². The molecule has 0 aromatic heterocycles. The average molecular weight is 388 g/mol. The topological polar surface area (TPSA) is 76.7 Å². The van der Waals surface area contributed by atoms with Gasteiger partial charge in [-0.05, 0) is 48.9 Å². The second-order valence-electron chi connectivity index (χ2n) is 6.65. The lowest BCUT2D eigenvalue weighted by Crippen LogP contribution is -2.40. The van der Waals surface area contributed by atoms with Gasteiger partial charge < -0.3 is 20.1 Å². The Morgan fingerprint density at radius 2 is 1.59 bits per heavy atom. The molecule has 1 unspecified atom stereocenters. The number of anilines is 2. The fourth-order valence-electron chi connectivity index (χ4n) is 3.10. The summed E-state index contributed by atoms with van der Waals surface area (Å²) in [5.74, 6) is 0.582. The third-order valence-corrected chi connectivity index (χ3v) is 4.67. The Kier molecular flexibility index (Phi) is 5.16. The van der Waals surface area contributed by atoms with Crippen LogP contribution in [0.5, 0.6) is 11.5 Å². The smallest absolute Gasteiger partial charge is 0.269 e. The fraction of sp³-hybridized carbons (Fsp3) is 0.130. The molecule has 0 fully saturated rings. The zero-order valence-electron chi connectivity index (χ0n) is 15.8. The van der Waals surface area contributed by atoms with Crippen LogP contribution in [0.4, 0.5) is 11.4 Å². The van der Waals surface area contributed by atoms with E-state index in [-0.39, 0.29) is 18.4 Å². The van der Waals surface area contributed by atoms with Gasteiger partial charge >= 0.3 is 0 Å². The SMILES string of the molecule is Cc1c(NC(=O)C2COc3ccccc3O2)cccc1C(=O)Nc1ccccc1. The van der Waals surface area contributed by atoms with E-state index in [0.29, 0.717) is 34.0 Å². The van der Waals surface area contributed by atoms with Crippen LogP contribution in [0.3, 0.4) is 0 Å². The normalized spacial score (nSPS) is 14.7. The van der Waals surface area contributed by atoms with Crippen molar-refractivity contribution in [3.8, 4) is 11.5 Å². The Balaban J connectivity index is 1.47. The molecule has 0 saturated carbocycles. The van der Waals surface area contributed by atoms with Crippen molar-refractivity contribution in [3.63, 3.8) is 0 Å². The Hall–Kier alpha value is -3.80. The van der Waals surface area contributed by atoms with E-state index in [0.717, 1.165) is 0 Å². The number of carbonyl (C=O) groups excluding carboxylic acids is 2. The number of fused-ring (bicyclic) bond motifs is 1. The molecule has 6 nitrogen and oxygen atoms in total. The van der Waals surface area contributed by atoms with Crippen LogP contribution in [0.15, 0.2) is 72.8 Å². The Morgan fingerprint density at radius 1 is 0.862 bits per heavy atom. The Labute approximate surface area is 168 Å². The second-order valence-corrected chi connectivity index (χ2v) is 6.65. The van der Waals surface area contributed by atoms with Crippen LogP contribution >= 0.6 is 0 Å².